The lowest BCUT2D eigenvalue weighted by molar-refractivity contribution is 0.387. The van der Waals surface area contributed by atoms with Gasteiger partial charge in [0, 0.05) is 11.0 Å². The first-order chi connectivity index (χ1) is 9.49. The van der Waals surface area contributed by atoms with Crippen molar-refractivity contribution >= 4 is 38.6 Å². The fourth-order valence-corrected chi connectivity index (χ4v) is 2.87. The minimum Gasteiger partial charge on any atom is -0.327 e. The second kappa shape index (κ2) is 6.92. The molecular formula is C15H21BrClN3. The van der Waals surface area contributed by atoms with E-state index in [1.165, 1.54) is 6.42 Å². The molecule has 2 rings (SSSR count). The zero-order chi connectivity index (χ0) is 14.7. The molecule has 0 saturated carbocycles. The molecule has 0 fully saturated rings. The number of hydrogen-bond donors (Lipinski definition) is 0. The highest BCUT2D eigenvalue weighted by atomic mass is 79.9. The highest BCUT2D eigenvalue weighted by Gasteiger charge is 2.14. The predicted octanol–water partition coefficient (Wildman–Crippen LogP) is 4.44. The molecular weight excluding hydrogens is 338 g/mol. The van der Waals surface area contributed by atoms with Gasteiger partial charge in [0.15, 0.2) is 0 Å². The van der Waals surface area contributed by atoms with E-state index >= 15 is 0 Å². The molecule has 0 N–H and O–H groups in total. The van der Waals surface area contributed by atoms with Crippen molar-refractivity contribution in [2.75, 3.05) is 20.6 Å². The predicted molar refractivity (Wildman–Crippen MR) is 89.5 cm³/mol. The molecule has 5 heteroatoms. The summed E-state index contributed by atoms with van der Waals surface area (Å²) < 4.78 is 3.33. The topological polar surface area (TPSA) is 21.1 Å². The fraction of sp³-hybridized carbons (Fsp3) is 0.533. The van der Waals surface area contributed by atoms with Crippen molar-refractivity contribution in [3.8, 4) is 0 Å². The van der Waals surface area contributed by atoms with Gasteiger partial charge in [-0.2, -0.15) is 0 Å². The third-order valence-corrected chi connectivity index (χ3v) is 4.02. The molecule has 110 valence electrons. The Morgan fingerprint density at radius 3 is 2.75 bits per heavy atom. The van der Waals surface area contributed by atoms with Crippen LogP contribution in [0.1, 0.15) is 31.0 Å². The van der Waals surface area contributed by atoms with E-state index in [2.05, 4.69) is 50.5 Å². The zero-order valence-electron chi connectivity index (χ0n) is 12.2. The van der Waals surface area contributed by atoms with Crippen molar-refractivity contribution in [2.45, 2.75) is 31.7 Å². The molecule has 0 amide bonds. The van der Waals surface area contributed by atoms with Crippen molar-refractivity contribution in [3.05, 3.63) is 28.5 Å². The van der Waals surface area contributed by atoms with Crippen LogP contribution in [-0.2, 0) is 6.54 Å². The molecule has 2 aromatic rings. The van der Waals surface area contributed by atoms with Gasteiger partial charge >= 0.3 is 0 Å². The number of aryl methyl sites for hydroxylation is 1. The van der Waals surface area contributed by atoms with E-state index in [1.807, 2.05) is 19.1 Å². The molecule has 0 aliphatic heterocycles. The molecule has 1 atom stereocenters. The van der Waals surface area contributed by atoms with Crippen molar-refractivity contribution in [1.82, 2.24) is 14.5 Å². The summed E-state index contributed by atoms with van der Waals surface area (Å²) in [6, 6.07) is 6.18. The number of rotatable bonds is 6. The van der Waals surface area contributed by atoms with Crippen LogP contribution in [0.2, 0.25) is 0 Å². The van der Waals surface area contributed by atoms with E-state index in [-0.39, 0.29) is 5.38 Å². The molecule has 0 saturated heterocycles. The van der Waals surface area contributed by atoms with Gasteiger partial charge in [-0.05, 0) is 58.6 Å². The Balaban J connectivity index is 2.24. The second-order valence-electron chi connectivity index (χ2n) is 5.38. The minimum atomic E-state index is -0.0741. The molecule has 1 aromatic heterocycles. The maximum atomic E-state index is 6.28. The molecule has 1 aromatic carbocycles. The van der Waals surface area contributed by atoms with Gasteiger partial charge in [-0.25, -0.2) is 4.98 Å². The lowest BCUT2D eigenvalue weighted by atomic mass is 10.2. The van der Waals surface area contributed by atoms with Crippen molar-refractivity contribution in [1.29, 1.82) is 0 Å². The van der Waals surface area contributed by atoms with Gasteiger partial charge < -0.3 is 9.47 Å². The smallest absolute Gasteiger partial charge is 0.127 e. The third kappa shape index (κ3) is 3.74. The zero-order valence-corrected chi connectivity index (χ0v) is 14.6. The van der Waals surface area contributed by atoms with Crippen LogP contribution in [0.4, 0.5) is 0 Å². The average Bonchev–Trinajstić information content (AvgIpc) is 2.73. The Labute approximate surface area is 134 Å². The quantitative estimate of drug-likeness (QED) is 0.562. The normalized spacial score (nSPS) is 13.3. The fourth-order valence-electron chi connectivity index (χ4n) is 2.35. The van der Waals surface area contributed by atoms with Crippen LogP contribution in [-0.4, -0.2) is 35.1 Å². The highest BCUT2D eigenvalue weighted by Crippen LogP contribution is 2.27. The molecule has 0 aliphatic rings. The molecule has 0 aliphatic carbocycles. The molecule has 3 nitrogen and oxygen atoms in total. The van der Waals surface area contributed by atoms with Gasteiger partial charge in [0.05, 0.1) is 16.4 Å². The molecule has 0 radical (unpaired) electrons. The number of imidazole rings is 1. The van der Waals surface area contributed by atoms with Crippen molar-refractivity contribution in [2.24, 2.45) is 0 Å². The first kappa shape index (κ1) is 15.8. The van der Waals surface area contributed by atoms with E-state index in [0.29, 0.717) is 0 Å². The first-order valence-corrected chi connectivity index (χ1v) is 8.16. The van der Waals surface area contributed by atoms with E-state index in [4.69, 9.17) is 11.6 Å². The van der Waals surface area contributed by atoms with Crippen molar-refractivity contribution < 1.29 is 0 Å². The van der Waals surface area contributed by atoms with Crippen LogP contribution < -0.4 is 0 Å². The van der Waals surface area contributed by atoms with Crippen LogP contribution in [0, 0.1) is 0 Å². The summed E-state index contributed by atoms with van der Waals surface area (Å²) >= 11 is 9.81. The van der Waals surface area contributed by atoms with Gasteiger partial charge in [-0.1, -0.05) is 15.9 Å². The van der Waals surface area contributed by atoms with Crippen LogP contribution in [0.5, 0.6) is 0 Å². The number of aromatic nitrogens is 2. The van der Waals surface area contributed by atoms with E-state index < -0.39 is 0 Å². The highest BCUT2D eigenvalue weighted by molar-refractivity contribution is 9.10. The van der Waals surface area contributed by atoms with Gasteiger partial charge in [0.2, 0.25) is 0 Å². The number of alkyl halides is 1. The van der Waals surface area contributed by atoms with Gasteiger partial charge in [-0.3, -0.25) is 0 Å². The Bertz CT molecular complexity index is 578. The molecule has 1 heterocycles. The van der Waals surface area contributed by atoms with Crippen LogP contribution in [0.15, 0.2) is 22.7 Å². The number of unbranched alkanes of at least 4 members (excludes halogenated alkanes) is 1. The van der Waals surface area contributed by atoms with Gasteiger partial charge in [0.1, 0.15) is 5.82 Å². The summed E-state index contributed by atoms with van der Waals surface area (Å²) in [5.41, 5.74) is 2.18. The number of nitrogens with zero attached hydrogens (tertiary/aromatic N) is 3. The number of hydrogen-bond acceptors (Lipinski definition) is 2. The van der Waals surface area contributed by atoms with Gasteiger partial charge in [0.25, 0.3) is 0 Å². The lowest BCUT2D eigenvalue weighted by Crippen LogP contribution is -2.14. The Morgan fingerprint density at radius 2 is 2.10 bits per heavy atom. The molecule has 0 bridgehead atoms. The van der Waals surface area contributed by atoms with E-state index in [1.54, 1.807) is 0 Å². The Hall–Kier alpha value is -0.580. The molecule has 20 heavy (non-hydrogen) atoms. The second-order valence-corrected chi connectivity index (χ2v) is 6.95. The summed E-state index contributed by atoms with van der Waals surface area (Å²) in [6.45, 7) is 4.06. The maximum Gasteiger partial charge on any atom is 0.127 e. The first-order valence-electron chi connectivity index (χ1n) is 6.93. The summed E-state index contributed by atoms with van der Waals surface area (Å²) in [5.74, 6) is 0.963. The molecule has 0 spiro atoms. The minimum absolute atomic E-state index is 0.0741. The Morgan fingerprint density at radius 1 is 1.35 bits per heavy atom. The third-order valence-electron chi connectivity index (χ3n) is 3.33. The summed E-state index contributed by atoms with van der Waals surface area (Å²) in [4.78, 5) is 6.88. The van der Waals surface area contributed by atoms with Crippen LogP contribution in [0.25, 0.3) is 11.0 Å². The van der Waals surface area contributed by atoms with Crippen LogP contribution >= 0.6 is 27.5 Å². The lowest BCUT2D eigenvalue weighted by Gasteiger charge is -2.12. The van der Waals surface area contributed by atoms with Crippen LogP contribution in [0.3, 0.4) is 0 Å². The average molecular weight is 359 g/mol. The summed E-state index contributed by atoms with van der Waals surface area (Å²) in [5, 5.41) is -0.0741. The standard InChI is InChI=1S/C15H21BrClN3/c1-11(17)15-18-13-7-6-12(16)10-14(13)20(15)9-5-4-8-19(2)3/h6-7,10-11H,4-5,8-9H2,1-3H3. The summed E-state index contributed by atoms with van der Waals surface area (Å²) in [7, 11) is 4.21. The number of fused-ring (bicyclic) bond motifs is 1. The monoisotopic (exact) mass is 357 g/mol. The number of halogens is 2. The SMILES string of the molecule is CC(Cl)c1nc2ccc(Br)cc2n1CCCCN(C)C. The molecule has 1 unspecified atom stereocenters. The van der Waals surface area contributed by atoms with E-state index in [9.17, 15) is 0 Å². The van der Waals surface area contributed by atoms with Crippen molar-refractivity contribution in [3.63, 3.8) is 0 Å². The van der Waals surface area contributed by atoms with Gasteiger partial charge in [-0.15, -0.1) is 11.6 Å². The summed E-state index contributed by atoms with van der Waals surface area (Å²) in [6.07, 6.45) is 2.31. The van der Waals surface area contributed by atoms with E-state index in [0.717, 1.165) is 40.8 Å². The number of benzene rings is 1. The Kier molecular flexibility index (Phi) is 5.47. The largest absolute Gasteiger partial charge is 0.327 e. The maximum absolute atomic E-state index is 6.28.